The number of hydrogen-bond donors (Lipinski definition) is 1. The largest absolute Gasteiger partial charge is 0.496 e. The van der Waals surface area contributed by atoms with Gasteiger partial charge >= 0.3 is 0 Å². The summed E-state index contributed by atoms with van der Waals surface area (Å²) in [5.74, 6) is 2.31. The summed E-state index contributed by atoms with van der Waals surface area (Å²) < 4.78 is 5.34. The van der Waals surface area contributed by atoms with Crippen molar-refractivity contribution in [3.63, 3.8) is 0 Å². The second-order valence-corrected chi connectivity index (χ2v) is 4.06. The molecule has 2 aromatic rings. The molecule has 0 radical (unpaired) electrons. The zero-order valence-electron chi connectivity index (χ0n) is 11.1. The minimum absolute atomic E-state index is 0.680. The maximum Gasteiger partial charge on any atom is 0.165 e. The van der Waals surface area contributed by atoms with Crippen molar-refractivity contribution >= 4 is 5.82 Å². The predicted molar refractivity (Wildman–Crippen MR) is 73.0 cm³/mol. The molecule has 0 atom stereocenters. The SMILES string of the molecule is CNc1nc(-c2ccccc2OC)nc(C)c1C. The molecule has 4 nitrogen and oxygen atoms in total. The van der Waals surface area contributed by atoms with E-state index in [2.05, 4.69) is 15.3 Å². The van der Waals surface area contributed by atoms with Crippen molar-refractivity contribution in [2.45, 2.75) is 13.8 Å². The smallest absolute Gasteiger partial charge is 0.165 e. The van der Waals surface area contributed by atoms with Crippen molar-refractivity contribution in [1.29, 1.82) is 0 Å². The highest BCUT2D eigenvalue weighted by molar-refractivity contribution is 5.66. The molecule has 0 fully saturated rings. The predicted octanol–water partition coefficient (Wildman–Crippen LogP) is 2.81. The molecule has 0 aliphatic carbocycles. The van der Waals surface area contributed by atoms with Gasteiger partial charge in [0.15, 0.2) is 5.82 Å². The number of rotatable bonds is 3. The van der Waals surface area contributed by atoms with Gasteiger partial charge in [0.1, 0.15) is 11.6 Å². The van der Waals surface area contributed by atoms with Crippen molar-refractivity contribution in [1.82, 2.24) is 9.97 Å². The third kappa shape index (κ3) is 2.14. The molecule has 0 aliphatic rings. The molecule has 1 heterocycles. The van der Waals surface area contributed by atoms with Crippen LogP contribution in [0.3, 0.4) is 0 Å². The lowest BCUT2D eigenvalue weighted by atomic mass is 10.1. The Morgan fingerprint density at radius 2 is 1.83 bits per heavy atom. The van der Waals surface area contributed by atoms with Crippen LogP contribution in [-0.4, -0.2) is 24.1 Å². The normalized spacial score (nSPS) is 10.2. The number of nitrogens with zero attached hydrogens (tertiary/aromatic N) is 2. The molecule has 0 amide bonds. The Hall–Kier alpha value is -2.10. The zero-order valence-corrected chi connectivity index (χ0v) is 11.1. The first-order valence-corrected chi connectivity index (χ1v) is 5.83. The van der Waals surface area contributed by atoms with E-state index in [1.807, 2.05) is 45.2 Å². The van der Waals surface area contributed by atoms with Crippen LogP contribution in [0.1, 0.15) is 11.3 Å². The quantitative estimate of drug-likeness (QED) is 0.900. The van der Waals surface area contributed by atoms with E-state index in [1.54, 1.807) is 7.11 Å². The van der Waals surface area contributed by atoms with Gasteiger partial charge in [-0.2, -0.15) is 0 Å². The van der Waals surface area contributed by atoms with E-state index in [9.17, 15) is 0 Å². The van der Waals surface area contributed by atoms with E-state index < -0.39 is 0 Å². The molecule has 0 aliphatic heterocycles. The zero-order chi connectivity index (χ0) is 13.1. The van der Waals surface area contributed by atoms with Crippen LogP contribution in [0.15, 0.2) is 24.3 Å². The lowest BCUT2D eigenvalue weighted by Crippen LogP contribution is -2.03. The highest BCUT2D eigenvalue weighted by Gasteiger charge is 2.11. The first-order chi connectivity index (χ1) is 8.67. The Labute approximate surface area is 107 Å². The fourth-order valence-electron chi connectivity index (χ4n) is 1.82. The van der Waals surface area contributed by atoms with Crippen LogP contribution in [0.2, 0.25) is 0 Å². The molecule has 1 aromatic heterocycles. The van der Waals surface area contributed by atoms with Crippen LogP contribution in [0.5, 0.6) is 5.75 Å². The van der Waals surface area contributed by atoms with Crippen molar-refractivity contribution < 1.29 is 4.74 Å². The summed E-state index contributed by atoms with van der Waals surface area (Å²) in [5, 5.41) is 3.09. The second kappa shape index (κ2) is 5.04. The fraction of sp³-hybridized carbons (Fsp3) is 0.286. The van der Waals surface area contributed by atoms with Crippen molar-refractivity contribution in [3.05, 3.63) is 35.5 Å². The van der Waals surface area contributed by atoms with E-state index in [1.165, 1.54) is 0 Å². The number of nitrogens with one attached hydrogen (secondary N) is 1. The van der Waals surface area contributed by atoms with Gasteiger partial charge < -0.3 is 10.1 Å². The number of aromatic nitrogens is 2. The minimum atomic E-state index is 0.680. The third-order valence-electron chi connectivity index (χ3n) is 2.97. The molecule has 4 heteroatoms. The average Bonchev–Trinajstić information content (AvgIpc) is 2.41. The van der Waals surface area contributed by atoms with E-state index >= 15 is 0 Å². The first kappa shape index (κ1) is 12.4. The van der Waals surface area contributed by atoms with Crippen molar-refractivity contribution in [3.8, 4) is 17.1 Å². The number of hydrogen-bond acceptors (Lipinski definition) is 4. The van der Waals surface area contributed by atoms with Crippen molar-refractivity contribution in [2.75, 3.05) is 19.5 Å². The third-order valence-corrected chi connectivity index (χ3v) is 2.97. The summed E-state index contributed by atoms with van der Waals surface area (Å²) in [4.78, 5) is 9.06. The highest BCUT2D eigenvalue weighted by atomic mass is 16.5. The van der Waals surface area contributed by atoms with Crippen LogP contribution in [0, 0.1) is 13.8 Å². The van der Waals surface area contributed by atoms with Gasteiger partial charge in [0.25, 0.3) is 0 Å². The van der Waals surface area contributed by atoms with Gasteiger partial charge in [-0.1, -0.05) is 12.1 Å². The van der Waals surface area contributed by atoms with Crippen LogP contribution < -0.4 is 10.1 Å². The monoisotopic (exact) mass is 243 g/mol. The molecular formula is C14H17N3O. The minimum Gasteiger partial charge on any atom is -0.496 e. The summed E-state index contributed by atoms with van der Waals surface area (Å²) in [6.07, 6.45) is 0. The maximum atomic E-state index is 5.34. The Kier molecular flexibility index (Phi) is 3.46. The number of para-hydroxylation sites is 1. The van der Waals surface area contributed by atoms with E-state index in [4.69, 9.17) is 4.74 Å². The molecular weight excluding hydrogens is 226 g/mol. The van der Waals surface area contributed by atoms with E-state index in [-0.39, 0.29) is 0 Å². The number of benzene rings is 1. The van der Waals surface area contributed by atoms with Gasteiger partial charge in [0.2, 0.25) is 0 Å². The first-order valence-electron chi connectivity index (χ1n) is 5.83. The molecule has 94 valence electrons. The van der Waals surface area contributed by atoms with Crippen molar-refractivity contribution in [2.24, 2.45) is 0 Å². The van der Waals surface area contributed by atoms with Gasteiger partial charge in [-0.05, 0) is 26.0 Å². The summed E-state index contributed by atoms with van der Waals surface area (Å²) >= 11 is 0. The molecule has 1 aromatic carbocycles. The topological polar surface area (TPSA) is 47.0 Å². The average molecular weight is 243 g/mol. The second-order valence-electron chi connectivity index (χ2n) is 4.06. The molecule has 0 spiro atoms. The number of ether oxygens (including phenoxy) is 1. The standard InChI is InChI=1S/C14H17N3O/c1-9-10(2)16-14(17-13(9)15-3)11-7-5-6-8-12(11)18-4/h5-8H,1-4H3,(H,15,16,17). The molecule has 0 saturated carbocycles. The summed E-state index contributed by atoms with van der Waals surface area (Å²) in [6, 6.07) is 7.76. The van der Waals surface area contributed by atoms with Gasteiger partial charge in [0.05, 0.1) is 12.7 Å². The Morgan fingerprint density at radius 1 is 1.11 bits per heavy atom. The summed E-state index contributed by atoms with van der Waals surface area (Å²) in [6.45, 7) is 3.99. The number of aryl methyl sites for hydroxylation is 1. The number of methoxy groups -OCH3 is 1. The fourth-order valence-corrected chi connectivity index (χ4v) is 1.82. The Morgan fingerprint density at radius 3 is 2.50 bits per heavy atom. The van der Waals surface area contributed by atoms with Crippen LogP contribution in [0.4, 0.5) is 5.82 Å². The van der Waals surface area contributed by atoms with E-state index in [0.29, 0.717) is 5.82 Å². The summed E-state index contributed by atoms with van der Waals surface area (Å²) in [5.41, 5.74) is 2.94. The number of anilines is 1. The lowest BCUT2D eigenvalue weighted by molar-refractivity contribution is 0.416. The molecule has 1 N–H and O–H groups in total. The molecule has 0 bridgehead atoms. The molecule has 0 unspecified atom stereocenters. The van der Waals surface area contributed by atoms with Crippen LogP contribution >= 0.6 is 0 Å². The van der Waals surface area contributed by atoms with Gasteiger partial charge in [-0.3, -0.25) is 0 Å². The molecule has 2 rings (SSSR count). The van der Waals surface area contributed by atoms with Crippen LogP contribution in [0.25, 0.3) is 11.4 Å². The van der Waals surface area contributed by atoms with Crippen LogP contribution in [-0.2, 0) is 0 Å². The molecule has 18 heavy (non-hydrogen) atoms. The highest BCUT2D eigenvalue weighted by Crippen LogP contribution is 2.28. The van der Waals surface area contributed by atoms with Gasteiger partial charge in [-0.25, -0.2) is 9.97 Å². The Balaban J connectivity index is 2.61. The molecule has 0 saturated heterocycles. The Bertz CT molecular complexity index is 567. The van der Waals surface area contributed by atoms with Gasteiger partial charge in [0, 0.05) is 18.3 Å². The maximum absolute atomic E-state index is 5.34. The van der Waals surface area contributed by atoms with E-state index in [0.717, 1.165) is 28.4 Å². The lowest BCUT2D eigenvalue weighted by Gasteiger charge is -2.11. The van der Waals surface area contributed by atoms with Gasteiger partial charge in [-0.15, -0.1) is 0 Å². The summed E-state index contributed by atoms with van der Waals surface area (Å²) in [7, 11) is 3.51.